The van der Waals surface area contributed by atoms with Crippen LogP contribution >= 0.6 is 0 Å². The number of hydrogen-bond donors (Lipinski definition) is 2. The van der Waals surface area contributed by atoms with E-state index < -0.39 is 0 Å². The summed E-state index contributed by atoms with van der Waals surface area (Å²) in [4.78, 5) is 12.3. The largest absolute Gasteiger partial charge is 0.479 e. The van der Waals surface area contributed by atoms with Crippen molar-refractivity contribution < 1.29 is 9.84 Å². The van der Waals surface area contributed by atoms with Crippen LogP contribution in [0.25, 0.3) is 17.4 Å². The van der Waals surface area contributed by atoms with Gasteiger partial charge in [0, 0.05) is 18.7 Å². The second kappa shape index (κ2) is 3.95. The zero-order chi connectivity index (χ0) is 12.7. The third-order valence-electron chi connectivity index (χ3n) is 2.97. The Hall–Kier alpha value is -2.15. The van der Waals surface area contributed by atoms with Gasteiger partial charge in [-0.3, -0.25) is 4.57 Å². The summed E-state index contributed by atoms with van der Waals surface area (Å²) in [7, 11) is 1.52. The summed E-state index contributed by atoms with van der Waals surface area (Å²) < 4.78 is 6.90. The fourth-order valence-electron chi connectivity index (χ4n) is 1.89. The van der Waals surface area contributed by atoms with Gasteiger partial charge in [0.1, 0.15) is 6.33 Å². The van der Waals surface area contributed by atoms with Crippen LogP contribution in [0.5, 0.6) is 5.88 Å². The van der Waals surface area contributed by atoms with Crippen molar-refractivity contribution in [2.24, 2.45) is 5.92 Å². The van der Waals surface area contributed by atoms with E-state index >= 15 is 0 Å². The number of nitrogen functional groups attached to an aromatic ring is 1. The van der Waals surface area contributed by atoms with Crippen LogP contribution in [0.3, 0.4) is 0 Å². The molecular weight excluding hydrogens is 234 g/mol. The van der Waals surface area contributed by atoms with Gasteiger partial charge in [-0.1, -0.05) is 0 Å². The molecule has 0 aromatic carbocycles. The summed E-state index contributed by atoms with van der Waals surface area (Å²) in [5.74, 6) is 0.779. The first-order valence-electron chi connectivity index (χ1n) is 5.58. The Labute approximate surface area is 103 Å². The van der Waals surface area contributed by atoms with E-state index in [4.69, 9.17) is 15.6 Å². The van der Waals surface area contributed by atoms with Crippen LogP contribution in [-0.2, 0) is 0 Å². The van der Waals surface area contributed by atoms with Crippen LogP contribution in [0.4, 0.5) is 5.95 Å². The lowest BCUT2D eigenvalue weighted by atomic mass is 10.4. The quantitative estimate of drug-likeness (QED) is 0.807. The molecule has 2 aromatic heterocycles. The van der Waals surface area contributed by atoms with Crippen molar-refractivity contribution in [2.75, 3.05) is 19.5 Å². The number of aromatic nitrogens is 4. The number of nitrogens with two attached hydrogens (primary N) is 1. The van der Waals surface area contributed by atoms with E-state index in [1.54, 1.807) is 10.9 Å². The summed E-state index contributed by atoms with van der Waals surface area (Å²) in [6, 6.07) is 0. The molecule has 0 saturated heterocycles. The van der Waals surface area contributed by atoms with Crippen molar-refractivity contribution >= 4 is 23.3 Å². The standard InChI is InChI=1S/C11H13N5O2/c1-18-10-8-9(14-11(12)15-10)16(5-13-8)3-6-2-7(6)4-17/h3,5,7,17H,2,4H2,1H3,(H2,12,14,15)/b6-3-/t7-/m1/s1. The minimum absolute atomic E-state index is 0.147. The maximum atomic E-state index is 9.01. The molecule has 1 aliphatic rings. The van der Waals surface area contributed by atoms with E-state index in [0.29, 0.717) is 17.0 Å². The van der Waals surface area contributed by atoms with Gasteiger partial charge < -0.3 is 15.6 Å². The van der Waals surface area contributed by atoms with Crippen molar-refractivity contribution in [3.63, 3.8) is 0 Å². The van der Waals surface area contributed by atoms with Gasteiger partial charge in [0.15, 0.2) is 11.2 Å². The molecule has 0 aliphatic heterocycles. The number of anilines is 1. The molecule has 7 heteroatoms. The number of methoxy groups -OCH3 is 1. The van der Waals surface area contributed by atoms with Gasteiger partial charge in [-0.25, -0.2) is 4.98 Å². The average molecular weight is 247 g/mol. The van der Waals surface area contributed by atoms with Crippen LogP contribution in [0.2, 0.25) is 0 Å². The fraction of sp³-hybridized carbons (Fsp3) is 0.364. The van der Waals surface area contributed by atoms with Gasteiger partial charge in [-0.15, -0.1) is 0 Å². The molecule has 0 unspecified atom stereocenters. The maximum absolute atomic E-state index is 9.01. The van der Waals surface area contributed by atoms with E-state index in [0.717, 1.165) is 6.42 Å². The molecule has 2 aromatic rings. The van der Waals surface area contributed by atoms with Crippen molar-refractivity contribution in [3.8, 4) is 5.88 Å². The van der Waals surface area contributed by atoms with Gasteiger partial charge in [0.2, 0.25) is 11.8 Å². The zero-order valence-corrected chi connectivity index (χ0v) is 9.87. The SMILES string of the molecule is COc1nc(N)nc2c1ncn2/C=C1/C[C@@H]1CO. The molecule has 94 valence electrons. The number of rotatable bonds is 3. The number of aliphatic hydroxyl groups is 1. The molecule has 1 fully saturated rings. The van der Waals surface area contributed by atoms with Gasteiger partial charge in [-0.2, -0.15) is 9.97 Å². The molecule has 7 nitrogen and oxygen atoms in total. The summed E-state index contributed by atoms with van der Waals surface area (Å²) in [5.41, 5.74) is 7.98. The van der Waals surface area contributed by atoms with E-state index in [1.807, 2.05) is 6.20 Å². The molecule has 1 aliphatic carbocycles. The fourth-order valence-corrected chi connectivity index (χ4v) is 1.89. The molecule has 3 rings (SSSR count). The summed E-state index contributed by atoms with van der Waals surface area (Å²) in [6.45, 7) is 0.179. The Morgan fingerprint density at radius 1 is 1.61 bits per heavy atom. The third-order valence-corrected chi connectivity index (χ3v) is 2.97. The molecule has 2 heterocycles. The lowest BCUT2D eigenvalue weighted by Gasteiger charge is -2.01. The first-order chi connectivity index (χ1) is 8.72. The topological polar surface area (TPSA) is 99.1 Å². The van der Waals surface area contributed by atoms with Crippen LogP contribution in [-0.4, -0.2) is 38.3 Å². The van der Waals surface area contributed by atoms with E-state index in [-0.39, 0.29) is 18.5 Å². The average Bonchev–Trinajstić information content (AvgIpc) is 3.01. The predicted molar refractivity (Wildman–Crippen MR) is 65.8 cm³/mol. The highest BCUT2D eigenvalue weighted by molar-refractivity contribution is 5.79. The second-order valence-corrected chi connectivity index (χ2v) is 4.20. The van der Waals surface area contributed by atoms with Crippen LogP contribution in [0, 0.1) is 5.92 Å². The molecule has 0 bridgehead atoms. The Balaban J connectivity index is 2.09. The zero-order valence-electron chi connectivity index (χ0n) is 9.87. The van der Waals surface area contributed by atoms with Crippen molar-refractivity contribution in [2.45, 2.75) is 6.42 Å². The molecule has 18 heavy (non-hydrogen) atoms. The highest BCUT2D eigenvalue weighted by Gasteiger charge is 2.29. The Bertz CT molecular complexity index is 634. The monoisotopic (exact) mass is 247 g/mol. The minimum Gasteiger partial charge on any atom is -0.479 e. The highest BCUT2D eigenvalue weighted by Crippen LogP contribution is 2.38. The van der Waals surface area contributed by atoms with Crippen molar-refractivity contribution in [3.05, 3.63) is 11.9 Å². The van der Waals surface area contributed by atoms with Gasteiger partial charge in [0.05, 0.1) is 7.11 Å². The normalized spacial score (nSPS) is 20.6. The predicted octanol–water partition coefficient (Wildman–Crippen LogP) is 0.270. The lowest BCUT2D eigenvalue weighted by Crippen LogP contribution is -2.00. The molecular formula is C11H13N5O2. The van der Waals surface area contributed by atoms with E-state index in [9.17, 15) is 0 Å². The second-order valence-electron chi connectivity index (χ2n) is 4.20. The van der Waals surface area contributed by atoms with Gasteiger partial charge in [0.25, 0.3) is 0 Å². The van der Waals surface area contributed by atoms with Crippen LogP contribution in [0.1, 0.15) is 6.42 Å². The Kier molecular flexibility index (Phi) is 2.41. The Morgan fingerprint density at radius 3 is 3.11 bits per heavy atom. The highest BCUT2D eigenvalue weighted by atomic mass is 16.5. The molecule has 1 atom stereocenters. The van der Waals surface area contributed by atoms with Crippen LogP contribution in [0.15, 0.2) is 11.9 Å². The van der Waals surface area contributed by atoms with E-state index in [2.05, 4.69) is 15.0 Å². The van der Waals surface area contributed by atoms with Crippen molar-refractivity contribution in [1.82, 2.24) is 19.5 Å². The number of nitrogens with zero attached hydrogens (tertiary/aromatic N) is 4. The Morgan fingerprint density at radius 2 is 2.44 bits per heavy atom. The molecule has 1 saturated carbocycles. The molecule has 0 radical (unpaired) electrons. The summed E-state index contributed by atoms with van der Waals surface area (Å²) in [6.07, 6.45) is 4.47. The minimum atomic E-state index is 0.147. The third kappa shape index (κ3) is 1.68. The maximum Gasteiger partial charge on any atom is 0.246 e. The molecule has 3 N–H and O–H groups in total. The van der Waals surface area contributed by atoms with Gasteiger partial charge in [-0.05, 0) is 12.0 Å². The summed E-state index contributed by atoms with van der Waals surface area (Å²) in [5, 5.41) is 9.01. The number of ether oxygens (including phenoxy) is 1. The number of fused-ring (bicyclic) bond motifs is 1. The number of hydrogen-bond acceptors (Lipinski definition) is 6. The summed E-state index contributed by atoms with van der Waals surface area (Å²) >= 11 is 0. The molecule has 0 amide bonds. The van der Waals surface area contributed by atoms with Gasteiger partial charge >= 0.3 is 0 Å². The van der Waals surface area contributed by atoms with Crippen molar-refractivity contribution in [1.29, 1.82) is 0 Å². The first-order valence-corrected chi connectivity index (χ1v) is 5.58. The van der Waals surface area contributed by atoms with Crippen LogP contribution < -0.4 is 10.5 Å². The smallest absolute Gasteiger partial charge is 0.246 e. The first kappa shape index (κ1) is 11.0. The number of aliphatic hydroxyl groups excluding tert-OH is 1. The number of imidazole rings is 1. The van der Waals surface area contributed by atoms with E-state index in [1.165, 1.54) is 12.7 Å². The lowest BCUT2D eigenvalue weighted by molar-refractivity contribution is 0.281. The molecule has 0 spiro atoms.